The summed E-state index contributed by atoms with van der Waals surface area (Å²) in [6.45, 7) is 0. The highest BCUT2D eigenvalue weighted by Crippen LogP contribution is 2.29. The lowest BCUT2D eigenvalue weighted by atomic mass is 10.1. The van der Waals surface area contributed by atoms with Gasteiger partial charge in [-0.1, -0.05) is 0 Å². The van der Waals surface area contributed by atoms with Gasteiger partial charge in [0, 0.05) is 6.42 Å². The first-order valence-corrected chi connectivity index (χ1v) is 11.1. The summed E-state index contributed by atoms with van der Waals surface area (Å²) in [5, 5.41) is 9.95. The van der Waals surface area contributed by atoms with Crippen LogP contribution < -0.4 is 9.47 Å². The zero-order valence-corrected chi connectivity index (χ0v) is 17.6. The van der Waals surface area contributed by atoms with Gasteiger partial charge in [0.25, 0.3) is 0 Å². The van der Waals surface area contributed by atoms with Crippen LogP contribution in [0.25, 0.3) is 0 Å². The topological polar surface area (TPSA) is 119 Å². The first kappa shape index (κ1) is 24.3. The number of alkyl halides is 3. The number of benzene rings is 2. The number of nitrogens with zero attached hydrogens (tertiary/aromatic N) is 1. The predicted molar refractivity (Wildman–Crippen MR) is 104 cm³/mol. The summed E-state index contributed by atoms with van der Waals surface area (Å²) in [7, 11) is -4.01. The number of sulfone groups is 1. The molecule has 2 aromatic rings. The summed E-state index contributed by atoms with van der Waals surface area (Å²) in [6, 6.07) is 8.44. The Morgan fingerprint density at radius 1 is 1.09 bits per heavy atom. The largest absolute Gasteiger partial charge is 0.573 e. The summed E-state index contributed by atoms with van der Waals surface area (Å²) in [6.07, 6.45) is -5.54. The maximum Gasteiger partial charge on any atom is 0.573 e. The molecule has 0 aromatic heterocycles. The minimum atomic E-state index is -4.82. The number of hydrogen-bond acceptors (Lipinski definition) is 8. The van der Waals surface area contributed by atoms with E-state index in [1.165, 1.54) is 36.4 Å². The molecule has 33 heavy (non-hydrogen) atoms. The fraction of sp³-hybridized carbons (Fsp3) is 0.300. The number of carbonyl (C=O) groups is 2. The van der Waals surface area contributed by atoms with Gasteiger partial charge in [-0.2, -0.15) is 0 Å². The van der Waals surface area contributed by atoms with Crippen LogP contribution in [0.4, 0.5) is 13.2 Å². The van der Waals surface area contributed by atoms with Crippen LogP contribution in [0.2, 0.25) is 0 Å². The van der Waals surface area contributed by atoms with E-state index in [0.29, 0.717) is 0 Å². The Balaban J connectivity index is 1.69. The van der Waals surface area contributed by atoms with Crippen molar-refractivity contribution in [2.24, 2.45) is 0 Å². The third kappa shape index (κ3) is 6.58. The van der Waals surface area contributed by atoms with Gasteiger partial charge in [-0.25, -0.2) is 13.5 Å². The highest BCUT2D eigenvalue weighted by atomic mass is 32.2. The maximum atomic E-state index is 12.8. The number of halogens is 3. The van der Waals surface area contributed by atoms with Gasteiger partial charge in [-0.15, -0.1) is 13.2 Å². The van der Waals surface area contributed by atoms with Gasteiger partial charge in [0.05, 0.1) is 10.6 Å². The van der Waals surface area contributed by atoms with Crippen LogP contribution in [0.1, 0.15) is 12.8 Å². The number of rotatable bonds is 9. The molecule has 9 nitrogen and oxygen atoms in total. The average Bonchev–Trinajstić information content (AvgIpc) is 3.18. The van der Waals surface area contributed by atoms with Gasteiger partial charge in [-0.05, 0) is 55.0 Å². The number of amides is 1. The third-order valence-electron chi connectivity index (χ3n) is 4.66. The molecule has 1 aliphatic heterocycles. The van der Waals surface area contributed by atoms with Crippen LogP contribution in [0, 0.1) is 0 Å². The minimum absolute atomic E-state index is 0.0360. The van der Waals surface area contributed by atoms with Crippen LogP contribution in [0.15, 0.2) is 53.4 Å². The monoisotopic (exact) mass is 489 g/mol. The van der Waals surface area contributed by atoms with E-state index in [-0.39, 0.29) is 40.7 Å². The van der Waals surface area contributed by atoms with E-state index in [0.717, 1.165) is 12.1 Å². The lowest BCUT2D eigenvalue weighted by Gasteiger charge is -2.26. The van der Waals surface area contributed by atoms with Gasteiger partial charge < -0.3 is 14.2 Å². The Morgan fingerprint density at radius 3 is 2.12 bits per heavy atom. The van der Waals surface area contributed by atoms with Crippen LogP contribution in [0.3, 0.4) is 0 Å². The van der Waals surface area contributed by atoms with Gasteiger partial charge in [0.2, 0.25) is 6.41 Å². The summed E-state index contributed by atoms with van der Waals surface area (Å²) in [5.41, 5.74) is 0. The number of hydrogen-bond donors (Lipinski definition) is 1. The highest BCUT2D eigenvalue weighted by molar-refractivity contribution is 7.91. The van der Waals surface area contributed by atoms with Gasteiger partial charge in [0.1, 0.15) is 29.4 Å². The van der Waals surface area contributed by atoms with Gasteiger partial charge in [-0.3, -0.25) is 14.8 Å². The quantitative estimate of drug-likeness (QED) is 0.247. The molecule has 178 valence electrons. The van der Waals surface area contributed by atoms with Crippen LogP contribution in [0.5, 0.6) is 17.2 Å². The Morgan fingerprint density at radius 2 is 1.64 bits per heavy atom. The second kappa shape index (κ2) is 9.67. The fourth-order valence-corrected chi connectivity index (χ4v) is 4.69. The molecule has 0 spiro atoms. The Bertz CT molecular complexity index is 1090. The zero-order chi connectivity index (χ0) is 24.2. The zero-order valence-electron chi connectivity index (χ0n) is 16.8. The summed E-state index contributed by atoms with van der Waals surface area (Å²) >= 11 is 0. The summed E-state index contributed by atoms with van der Waals surface area (Å²) in [5.74, 6) is -1.28. The van der Waals surface area contributed by atoms with E-state index in [1.807, 2.05) is 0 Å². The van der Waals surface area contributed by atoms with Crippen molar-refractivity contribution in [3.05, 3.63) is 48.5 Å². The molecule has 1 aliphatic rings. The fourth-order valence-electron chi connectivity index (χ4n) is 3.13. The number of hydroxylamine groups is 2. The SMILES string of the molecule is O=CN(O)C(CS(=O)(=O)c1ccc(Oc2ccc(OC(F)(F)F)cc2)cc1)[C@H]1CCC(=O)O1. The molecule has 1 heterocycles. The van der Waals surface area contributed by atoms with Crippen molar-refractivity contribution in [2.45, 2.75) is 36.2 Å². The summed E-state index contributed by atoms with van der Waals surface area (Å²) in [4.78, 5) is 22.2. The Hall–Kier alpha value is -3.32. The van der Waals surface area contributed by atoms with Crippen molar-refractivity contribution in [1.82, 2.24) is 5.06 Å². The third-order valence-corrected chi connectivity index (χ3v) is 6.43. The highest BCUT2D eigenvalue weighted by Gasteiger charge is 2.38. The second-order valence-corrected chi connectivity index (χ2v) is 9.03. The van der Waals surface area contributed by atoms with E-state index >= 15 is 0 Å². The smallest absolute Gasteiger partial charge is 0.460 e. The molecule has 0 radical (unpaired) electrons. The van der Waals surface area contributed by atoms with Crippen molar-refractivity contribution in [2.75, 3.05) is 5.75 Å². The van der Waals surface area contributed by atoms with Crippen LogP contribution in [-0.2, 0) is 24.2 Å². The molecule has 1 unspecified atom stereocenters. The molecular weight excluding hydrogens is 471 g/mol. The molecule has 1 amide bonds. The van der Waals surface area contributed by atoms with Crippen LogP contribution in [-0.4, -0.2) is 55.3 Å². The maximum absolute atomic E-state index is 12.8. The van der Waals surface area contributed by atoms with E-state index in [1.54, 1.807) is 0 Å². The van der Waals surface area contributed by atoms with E-state index < -0.39 is 45.8 Å². The molecule has 1 fully saturated rings. The first-order valence-electron chi connectivity index (χ1n) is 9.45. The van der Waals surface area contributed by atoms with Crippen LogP contribution >= 0.6 is 0 Å². The van der Waals surface area contributed by atoms with Crippen molar-refractivity contribution in [1.29, 1.82) is 0 Å². The Labute approximate surface area is 186 Å². The molecule has 0 aliphatic carbocycles. The Kier molecular flexibility index (Phi) is 7.12. The lowest BCUT2D eigenvalue weighted by Crippen LogP contribution is -2.45. The van der Waals surface area contributed by atoms with Crippen molar-refractivity contribution < 1.29 is 50.6 Å². The summed E-state index contributed by atoms with van der Waals surface area (Å²) < 4.78 is 76.4. The number of carbonyl (C=O) groups excluding carboxylic acids is 2. The lowest BCUT2D eigenvalue weighted by molar-refractivity contribution is -0.274. The normalized spacial score (nSPS) is 17.2. The van der Waals surface area contributed by atoms with Gasteiger partial charge in [0.15, 0.2) is 9.84 Å². The average molecular weight is 489 g/mol. The van der Waals surface area contributed by atoms with E-state index in [9.17, 15) is 36.4 Å². The number of cyclic esters (lactones) is 1. The predicted octanol–water partition coefficient (Wildman–Crippen LogP) is 3.07. The molecule has 2 atom stereocenters. The standard InChI is InChI=1S/C20H18F3NO8S/c21-20(22,23)32-15-3-1-13(2-4-15)30-14-5-7-16(8-6-14)33(28,29)11-17(24(27)12-25)18-9-10-19(26)31-18/h1-8,12,17-18,27H,9-11H2/t17?,18-/m1/s1. The molecule has 0 saturated carbocycles. The molecule has 3 rings (SSSR count). The van der Waals surface area contributed by atoms with Crippen molar-refractivity contribution in [3.63, 3.8) is 0 Å². The van der Waals surface area contributed by atoms with E-state index in [4.69, 9.17) is 9.47 Å². The van der Waals surface area contributed by atoms with Crippen molar-refractivity contribution >= 4 is 22.2 Å². The molecular formula is C20H18F3NO8S. The molecule has 2 aromatic carbocycles. The molecule has 1 N–H and O–H groups in total. The minimum Gasteiger partial charge on any atom is -0.460 e. The first-order chi connectivity index (χ1) is 15.5. The van der Waals surface area contributed by atoms with Gasteiger partial charge >= 0.3 is 12.3 Å². The van der Waals surface area contributed by atoms with Crippen molar-refractivity contribution in [3.8, 4) is 17.2 Å². The van der Waals surface area contributed by atoms with E-state index in [2.05, 4.69) is 4.74 Å². The second-order valence-electron chi connectivity index (χ2n) is 6.99. The molecule has 0 bridgehead atoms. The molecule has 1 saturated heterocycles. The number of ether oxygens (including phenoxy) is 3. The molecule has 13 heteroatoms. The number of esters is 1.